The van der Waals surface area contributed by atoms with Crippen LogP contribution in [0.15, 0.2) is 191 Å². The van der Waals surface area contributed by atoms with Gasteiger partial charge < -0.3 is 13.4 Å². The van der Waals surface area contributed by atoms with Gasteiger partial charge in [0.15, 0.2) is 17.5 Å². The summed E-state index contributed by atoms with van der Waals surface area (Å²) in [6.07, 6.45) is 0. The number of furan rings is 2. The molecule has 0 fully saturated rings. The second kappa shape index (κ2) is 12.3. The van der Waals surface area contributed by atoms with Crippen molar-refractivity contribution in [2.75, 3.05) is 0 Å². The van der Waals surface area contributed by atoms with E-state index in [-0.39, 0.29) is 0 Å². The Balaban J connectivity index is 1.07. The van der Waals surface area contributed by atoms with Gasteiger partial charge in [-0.1, -0.05) is 115 Å². The van der Waals surface area contributed by atoms with E-state index in [0.29, 0.717) is 17.5 Å². The molecule has 0 saturated heterocycles. The van der Waals surface area contributed by atoms with Crippen LogP contribution in [0.5, 0.6) is 0 Å². The highest BCUT2D eigenvalue weighted by Gasteiger charge is 2.20. The van der Waals surface area contributed by atoms with Crippen molar-refractivity contribution in [3.63, 3.8) is 0 Å². The molecule has 266 valence electrons. The van der Waals surface area contributed by atoms with Crippen molar-refractivity contribution < 1.29 is 8.83 Å². The Kier molecular flexibility index (Phi) is 6.83. The minimum absolute atomic E-state index is 0.569. The van der Waals surface area contributed by atoms with Crippen molar-refractivity contribution >= 4 is 65.7 Å². The van der Waals surface area contributed by atoms with E-state index in [1.54, 1.807) is 0 Å². The first kappa shape index (κ1) is 31.5. The van der Waals surface area contributed by atoms with E-state index in [2.05, 4.69) is 126 Å². The van der Waals surface area contributed by atoms with Crippen molar-refractivity contribution in [1.82, 2.24) is 19.5 Å². The molecule has 0 aliphatic heterocycles. The monoisotopic (exact) mass is 730 g/mol. The molecule has 12 aromatic rings. The van der Waals surface area contributed by atoms with Crippen LogP contribution in [0.2, 0.25) is 0 Å². The molecule has 0 saturated carbocycles. The molecule has 0 atom stereocenters. The van der Waals surface area contributed by atoms with Crippen molar-refractivity contribution in [3.05, 3.63) is 182 Å². The highest BCUT2D eigenvalue weighted by molar-refractivity contribution is 6.12. The molecule has 6 nitrogen and oxygen atoms in total. The lowest BCUT2D eigenvalue weighted by molar-refractivity contribution is 0.668. The van der Waals surface area contributed by atoms with Gasteiger partial charge >= 0.3 is 0 Å². The molecule has 0 bridgehead atoms. The first-order valence-electron chi connectivity index (χ1n) is 19.0. The molecule has 4 heterocycles. The zero-order valence-corrected chi connectivity index (χ0v) is 30.4. The number of fused-ring (bicyclic) bond motifs is 9. The van der Waals surface area contributed by atoms with Crippen LogP contribution in [0.1, 0.15) is 0 Å². The summed E-state index contributed by atoms with van der Waals surface area (Å²) >= 11 is 0. The smallest absolute Gasteiger partial charge is 0.164 e. The van der Waals surface area contributed by atoms with E-state index in [1.807, 2.05) is 60.7 Å². The van der Waals surface area contributed by atoms with Crippen LogP contribution in [0, 0.1) is 0 Å². The number of rotatable bonds is 5. The van der Waals surface area contributed by atoms with Crippen molar-refractivity contribution in [3.8, 4) is 51.0 Å². The number of hydrogen-bond acceptors (Lipinski definition) is 5. The Morgan fingerprint density at radius 1 is 0.333 bits per heavy atom. The van der Waals surface area contributed by atoms with Crippen LogP contribution in [0.25, 0.3) is 117 Å². The molecule has 12 rings (SSSR count). The fourth-order valence-corrected chi connectivity index (χ4v) is 8.43. The Morgan fingerprint density at radius 3 is 1.77 bits per heavy atom. The molecular formula is C51H30N4O2. The van der Waals surface area contributed by atoms with E-state index in [4.69, 9.17) is 23.8 Å². The number of nitrogens with zero attached hydrogens (tertiary/aromatic N) is 4. The normalized spacial score (nSPS) is 11.9. The lowest BCUT2D eigenvalue weighted by Crippen LogP contribution is -2.01. The average molecular weight is 731 g/mol. The van der Waals surface area contributed by atoms with Crippen molar-refractivity contribution in [1.29, 1.82) is 0 Å². The van der Waals surface area contributed by atoms with Crippen molar-refractivity contribution in [2.45, 2.75) is 0 Å². The minimum Gasteiger partial charge on any atom is -0.456 e. The van der Waals surface area contributed by atoms with E-state index in [0.717, 1.165) is 77.3 Å². The van der Waals surface area contributed by atoms with Gasteiger partial charge in [0.1, 0.15) is 22.3 Å². The molecule has 6 heteroatoms. The van der Waals surface area contributed by atoms with Crippen LogP contribution in [0.3, 0.4) is 0 Å². The number of benzene rings is 8. The van der Waals surface area contributed by atoms with Gasteiger partial charge in [0.2, 0.25) is 0 Å². The molecule has 8 aromatic carbocycles. The van der Waals surface area contributed by atoms with Gasteiger partial charge in [-0.15, -0.1) is 0 Å². The summed E-state index contributed by atoms with van der Waals surface area (Å²) in [5, 5.41) is 6.45. The quantitative estimate of drug-likeness (QED) is 0.176. The molecule has 0 unspecified atom stereocenters. The Bertz CT molecular complexity index is 3540. The van der Waals surface area contributed by atoms with Gasteiger partial charge in [-0.05, 0) is 77.9 Å². The van der Waals surface area contributed by atoms with Gasteiger partial charge in [-0.3, -0.25) is 0 Å². The lowest BCUT2D eigenvalue weighted by Gasteiger charge is -2.12. The molecule has 0 aliphatic rings. The topological polar surface area (TPSA) is 69.9 Å². The van der Waals surface area contributed by atoms with Crippen LogP contribution in [-0.2, 0) is 0 Å². The third-order valence-corrected chi connectivity index (χ3v) is 11.1. The first-order chi connectivity index (χ1) is 28.2. The summed E-state index contributed by atoms with van der Waals surface area (Å²) in [6.45, 7) is 0. The van der Waals surface area contributed by atoms with Crippen LogP contribution in [-0.4, -0.2) is 19.5 Å². The predicted molar refractivity (Wildman–Crippen MR) is 230 cm³/mol. The second-order valence-electron chi connectivity index (χ2n) is 14.4. The van der Waals surface area contributed by atoms with E-state index >= 15 is 0 Å². The van der Waals surface area contributed by atoms with E-state index in [9.17, 15) is 0 Å². The zero-order chi connectivity index (χ0) is 37.5. The standard InChI is InChI=1S/C51H30N4O2/c1-2-12-31(13-3-1)32-24-26-43-40(29-32)36-16-4-7-20-42(36)55(43)35-15-10-14-33(28-35)49-52-50(34-25-27-46-41(30-34)37-17-5-8-21-44(37)56-46)54-51(53-49)39-19-11-23-47-48(39)38-18-6-9-22-45(38)57-47/h1-30H. The fourth-order valence-electron chi connectivity index (χ4n) is 8.43. The third-order valence-electron chi connectivity index (χ3n) is 11.1. The van der Waals surface area contributed by atoms with Gasteiger partial charge in [0, 0.05) is 54.7 Å². The lowest BCUT2D eigenvalue weighted by atomic mass is 10.0. The van der Waals surface area contributed by atoms with E-state index < -0.39 is 0 Å². The molecule has 0 N–H and O–H groups in total. The van der Waals surface area contributed by atoms with Crippen molar-refractivity contribution in [2.24, 2.45) is 0 Å². The third kappa shape index (κ3) is 5.01. The summed E-state index contributed by atoms with van der Waals surface area (Å²) in [5.74, 6) is 1.72. The Hall–Kier alpha value is -7.83. The van der Waals surface area contributed by atoms with Crippen LogP contribution < -0.4 is 0 Å². The second-order valence-corrected chi connectivity index (χ2v) is 14.4. The summed E-state index contributed by atoms with van der Waals surface area (Å²) in [7, 11) is 0. The molecule has 0 spiro atoms. The summed E-state index contributed by atoms with van der Waals surface area (Å²) in [4.78, 5) is 15.6. The largest absolute Gasteiger partial charge is 0.456 e. The van der Waals surface area contributed by atoms with Crippen LogP contribution >= 0.6 is 0 Å². The molecule has 57 heavy (non-hydrogen) atoms. The fraction of sp³-hybridized carbons (Fsp3) is 0. The van der Waals surface area contributed by atoms with E-state index in [1.165, 1.54) is 21.9 Å². The molecule has 0 radical (unpaired) electrons. The van der Waals surface area contributed by atoms with Gasteiger partial charge in [-0.25, -0.2) is 15.0 Å². The Labute approximate surface area is 325 Å². The minimum atomic E-state index is 0.569. The summed E-state index contributed by atoms with van der Waals surface area (Å²) in [5.41, 5.74) is 11.6. The first-order valence-corrected chi connectivity index (χ1v) is 19.0. The maximum Gasteiger partial charge on any atom is 0.164 e. The van der Waals surface area contributed by atoms with Crippen LogP contribution in [0.4, 0.5) is 0 Å². The highest BCUT2D eigenvalue weighted by Crippen LogP contribution is 2.39. The maximum absolute atomic E-state index is 6.30. The highest BCUT2D eigenvalue weighted by atomic mass is 16.3. The SMILES string of the molecule is c1ccc(-c2ccc3c(c2)c2ccccc2n3-c2cccc(-c3nc(-c4ccc5oc6ccccc6c5c4)nc(-c4cccc5oc6ccccc6c45)n3)c2)cc1. The maximum atomic E-state index is 6.30. The van der Waals surface area contributed by atoms with Gasteiger partial charge in [0.25, 0.3) is 0 Å². The molecule has 0 amide bonds. The Morgan fingerprint density at radius 2 is 0.912 bits per heavy atom. The number of hydrogen-bond donors (Lipinski definition) is 0. The zero-order valence-electron chi connectivity index (χ0n) is 30.4. The summed E-state index contributed by atoms with van der Waals surface area (Å²) in [6, 6.07) is 62.8. The number of para-hydroxylation sites is 3. The molecular weight excluding hydrogens is 701 g/mol. The predicted octanol–water partition coefficient (Wildman–Crippen LogP) is 13.4. The molecule has 4 aromatic heterocycles. The summed E-state index contributed by atoms with van der Waals surface area (Å²) < 4.78 is 14.8. The average Bonchev–Trinajstić information content (AvgIpc) is 3.96. The van der Waals surface area contributed by atoms with Gasteiger partial charge in [0.05, 0.1) is 11.0 Å². The van der Waals surface area contributed by atoms with Gasteiger partial charge in [-0.2, -0.15) is 0 Å². The number of aromatic nitrogens is 4. The molecule has 0 aliphatic carbocycles.